The van der Waals surface area contributed by atoms with E-state index in [0.717, 1.165) is 25.0 Å². The van der Waals surface area contributed by atoms with Gasteiger partial charge >= 0.3 is 6.18 Å². The van der Waals surface area contributed by atoms with E-state index in [2.05, 4.69) is 4.98 Å². The minimum atomic E-state index is -4.41. The van der Waals surface area contributed by atoms with Gasteiger partial charge in [-0.05, 0) is 25.0 Å². The van der Waals surface area contributed by atoms with Gasteiger partial charge < -0.3 is 9.64 Å². The fourth-order valence-corrected chi connectivity index (χ4v) is 2.81. The van der Waals surface area contributed by atoms with Crippen molar-refractivity contribution < 1.29 is 17.9 Å². The minimum Gasteiger partial charge on any atom is -0.371 e. The molecule has 3 heterocycles. The van der Waals surface area contributed by atoms with Crippen LogP contribution in [-0.2, 0) is 10.9 Å². The van der Waals surface area contributed by atoms with Crippen LogP contribution >= 0.6 is 11.6 Å². The van der Waals surface area contributed by atoms with Crippen molar-refractivity contribution in [2.24, 2.45) is 0 Å². The highest BCUT2D eigenvalue weighted by Gasteiger charge is 2.36. The summed E-state index contributed by atoms with van der Waals surface area (Å²) in [5, 5.41) is -0.135. The van der Waals surface area contributed by atoms with Gasteiger partial charge in [-0.25, -0.2) is 4.98 Å². The second kappa shape index (κ2) is 4.52. The molecule has 0 amide bonds. The average Bonchev–Trinajstić information content (AvgIpc) is 2.66. The maximum absolute atomic E-state index is 12.8. The van der Waals surface area contributed by atoms with Crippen LogP contribution in [0.15, 0.2) is 12.1 Å². The number of fused-ring (bicyclic) bond motifs is 2. The van der Waals surface area contributed by atoms with Gasteiger partial charge in [0.15, 0.2) is 0 Å². The van der Waals surface area contributed by atoms with Crippen molar-refractivity contribution in [3.05, 3.63) is 22.8 Å². The van der Waals surface area contributed by atoms with E-state index in [4.69, 9.17) is 16.3 Å². The van der Waals surface area contributed by atoms with Gasteiger partial charge in [0, 0.05) is 13.1 Å². The van der Waals surface area contributed by atoms with Gasteiger partial charge in [-0.1, -0.05) is 11.6 Å². The lowest BCUT2D eigenvalue weighted by Gasteiger charge is -2.33. The van der Waals surface area contributed by atoms with Crippen LogP contribution in [0.3, 0.4) is 0 Å². The second-order valence-corrected chi connectivity index (χ2v) is 5.28. The number of ether oxygens (including phenoxy) is 1. The normalized spacial score (nSPS) is 26.8. The Morgan fingerprint density at radius 2 is 1.84 bits per heavy atom. The van der Waals surface area contributed by atoms with Gasteiger partial charge in [-0.15, -0.1) is 0 Å². The largest absolute Gasteiger partial charge is 0.416 e. The molecule has 2 saturated heterocycles. The molecule has 2 bridgehead atoms. The Kier molecular flexibility index (Phi) is 3.09. The van der Waals surface area contributed by atoms with Gasteiger partial charge in [-0.3, -0.25) is 0 Å². The van der Waals surface area contributed by atoms with E-state index in [1.807, 2.05) is 4.90 Å². The molecule has 0 aromatic carbocycles. The van der Waals surface area contributed by atoms with Gasteiger partial charge in [0.2, 0.25) is 0 Å². The summed E-state index contributed by atoms with van der Waals surface area (Å²) in [6.45, 7) is 1.14. The first kappa shape index (κ1) is 13.0. The number of pyridine rings is 1. The molecule has 0 radical (unpaired) electrons. The summed E-state index contributed by atoms with van der Waals surface area (Å²) in [6, 6.07) is 1.90. The number of rotatable bonds is 1. The summed E-state index contributed by atoms with van der Waals surface area (Å²) in [4.78, 5) is 5.83. The highest BCUT2D eigenvalue weighted by atomic mass is 35.5. The number of alkyl halides is 3. The van der Waals surface area contributed by atoms with Crippen LogP contribution in [0.4, 0.5) is 19.0 Å². The van der Waals surface area contributed by atoms with Gasteiger partial charge in [-0.2, -0.15) is 13.2 Å². The van der Waals surface area contributed by atoms with Crippen LogP contribution < -0.4 is 4.90 Å². The van der Waals surface area contributed by atoms with Crippen molar-refractivity contribution in [3.63, 3.8) is 0 Å². The van der Waals surface area contributed by atoms with Crippen molar-refractivity contribution in [2.75, 3.05) is 18.0 Å². The third-order valence-corrected chi connectivity index (χ3v) is 3.67. The molecule has 104 valence electrons. The molecule has 2 unspecified atom stereocenters. The first-order valence-corrected chi connectivity index (χ1v) is 6.45. The van der Waals surface area contributed by atoms with Crippen LogP contribution in [0.1, 0.15) is 18.4 Å². The van der Waals surface area contributed by atoms with E-state index in [9.17, 15) is 13.2 Å². The van der Waals surface area contributed by atoms with Crippen molar-refractivity contribution in [1.82, 2.24) is 4.98 Å². The van der Waals surface area contributed by atoms with Gasteiger partial charge in [0.1, 0.15) is 11.0 Å². The van der Waals surface area contributed by atoms with Gasteiger partial charge in [0.25, 0.3) is 0 Å². The van der Waals surface area contributed by atoms with Gasteiger partial charge in [0.05, 0.1) is 17.8 Å². The lowest BCUT2D eigenvalue weighted by Crippen LogP contribution is -2.43. The molecule has 0 spiro atoms. The fourth-order valence-electron chi connectivity index (χ4n) is 2.61. The molecular formula is C12H12ClF3N2O. The summed E-state index contributed by atoms with van der Waals surface area (Å²) in [7, 11) is 0. The number of hydrogen-bond donors (Lipinski definition) is 0. The maximum atomic E-state index is 12.8. The smallest absolute Gasteiger partial charge is 0.371 e. The minimum absolute atomic E-state index is 0.0915. The number of anilines is 1. The van der Waals surface area contributed by atoms with Crippen molar-refractivity contribution >= 4 is 17.4 Å². The molecule has 3 nitrogen and oxygen atoms in total. The number of hydrogen-bond acceptors (Lipinski definition) is 3. The number of nitrogens with zero attached hydrogens (tertiary/aromatic N) is 2. The highest BCUT2D eigenvalue weighted by molar-refractivity contribution is 6.29. The zero-order chi connectivity index (χ0) is 13.6. The Labute approximate surface area is 113 Å². The van der Waals surface area contributed by atoms with Crippen LogP contribution in [0.2, 0.25) is 5.15 Å². The van der Waals surface area contributed by atoms with E-state index in [1.165, 1.54) is 0 Å². The van der Waals surface area contributed by atoms with Crippen LogP contribution in [0.5, 0.6) is 0 Å². The second-order valence-electron chi connectivity index (χ2n) is 4.90. The summed E-state index contributed by atoms with van der Waals surface area (Å²) in [6.07, 6.45) is -2.32. The Balaban J connectivity index is 1.90. The summed E-state index contributed by atoms with van der Waals surface area (Å²) < 4.78 is 43.9. The zero-order valence-corrected chi connectivity index (χ0v) is 10.7. The Morgan fingerprint density at radius 1 is 1.21 bits per heavy atom. The number of morpholine rings is 1. The molecule has 2 aliphatic heterocycles. The molecule has 19 heavy (non-hydrogen) atoms. The maximum Gasteiger partial charge on any atom is 0.416 e. The molecule has 2 aliphatic rings. The summed E-state index contributed by atoms with van der Waals surface area (Å²) in [5.41, 5.74) is -0.763. The number of halogens is 4. The first-order chi connectivity index (χ1) is 8.91. The molecular weight excluding hydrogens is 281 g/mol. The third kappa shape index (κ3) is 2.65. The van der Waals surface area contributed by atoms with Crippen molar-refractivity contribution in [1.29, 1.82) is 0 Å². The van der Waals surface area contributed by atoms with Crippen LogP contribution in [-0.4, -0.2) is 30.3 Å². The molecule has 0 saturated carbocycles. The SMILES string of the molecule is FC(F)(F)c1cc(Cl)nc(N2CC3CCC(C2)O3)c1. The third-order valence-electron chi connectivity index (χ3n) is 3.48. The van der Waals surface area contributed by atoms with Crippen LogP contribution in [0, 0.1) is 0 Å². The zero-order valence-electron chi connectivity index (χ0n) is 9.95. The predicted octanol–water partition coefficient (Wildman–Crippen LogP) is 3.12. The predicted molar refractivity (Wildman–Crippen MR) is 64.4 cm³/mol. The molecule has 2 atom stereocenters. The topological polar surface area (TPSA) is 25.4 Å². The fraction of sp³-hybridized carbons (Fsp3) is 0.583. The van der Waals surface area contributed by atoms with E-state index >= 15 is 0 Å². The molecule has 1 aromatic rings. The molecule has 3 rings (SSSR count). The lowest BCUT2D eigenvalue weighted by atomic mass is 10.2. The molecule has 0 aliphatic carbocycles. The summed E-state index contributed by atoms with van der Waals surface area (Å²) in [5.74, 6) is 0.278. The monoisotopic (exact) mass is 292 g/mol. The molecule has 0 N–H and O–H groups in total. The summed E-state index contributed by atoms with van der Waals surface area (Å²) >= 11 is 5.69. The van der Waals surface area contributed by atoms with E-state index in [-0.39, 0.29) is 23.2 Å². The standard InChI is InChI=1S/C12H12ClF3N2O/c13-10-3-7(12(14,15)16)4-11(17-10)18-5-8-1-2-9(6-18)19-8/h3-4,8-9H,1-2,5-6H2. The Hall–Kier alpha value is -1.01. The highest BCUT2D eigenvalue weighted by Crippen LogP contribution is 2.35. The molecule has 2 fully saturated rings. The molecule has 1 aromatic heterocycles. The Morgan fingerprint density at radius 3 is 2.42 bits per heavy atom. The van der Waals surface area contributed by atoms with Crippen LogP contribution in [0.25, 0.3) is 0 Å². The Bertz CT molecular complexity index is 482. The quantitative estimate of drug-likeness (QED) is 0.744. The van der Waals surface area contributed by atoms with Crippen molar-refractivity contribution in [3.8, 4) is 0 Å². The lowest BCUT2D eigenvalue weighted by molar-refractivity contribution is -0.137. The van der Waals surface area contributed by atoms with Crippen molar-refractivity contribution in [2.45, 2.75) is 31.2 Å². The van der Waals surface area contributed by atoms with E-state index in [1.54, 1.807) is 0 Å². The van der Waals surface area contributed by atoms with E-state index < -0.39 is 11.7 Å². The molecule has 7 heteroatoms. The average molecular weight is 293 g/mol. The van der Waals surface area contributed by atoms with E-state index in [0.29, 0.717) is 13.1 Å². The first-order valence-electron chi connectivity index (χ1n) is 6.07. The number of aromatic nitrogens is 1.